The maximum atomic E-state index is 5.93. The van der Waals surface area contributed by atoms with Gasteiger partial charge in [-0.1, -0.05) is 13.8 Å². The minimum absolute atomic E-state index is 0.291. The van der Waals surface area contributed by atoms with Crippen molar-refractivity contribution in [1.29, 1.82) is 0 Å². The van der Waals surface area contributed by atoms with Crippen molar-refractivity contribution in [3.05, 3.63) is 11.4 Å². The number of anilines is 1. The first-order valence-electron chi connectivity index (χ1n) is 7.98. The van der Waals surface area contributed by atoms with Gasteiger partial charge in [-0.3, -0.25) is 0 Å². The number of likely N-dealkylation sites (N-methyl/N-ethyl adjacent to an activating group) is 1. The smallest absolute Gasteiger partial charge is 0.221 e. The molecule has 0 atom stereocenters. The van der Waals surface area contributed by atoms with Crippen molar-refractivity contribution in [2.45, 2.75) is 52.5 Å². The first-order chi connectivity index (χ1) is 10.0. The lowest BCUT2D eigenvalue weighted by Gasteiger charge is -2.18. The van der Waals surface area contributed by atoms with E-state index in [0.717, 1.165) is 36.3 Å². The molecule has 2 rings (SSSR count). The summed E-state index contributed by atoms with van der Waals surface area (Å²) in [5.74, 6) is 2.73. The molecular weight excluding hydrogens is 264 g/mol. The monoisotopic (exact) mass is 292 g/mol. The van der Waals surface area contributed by atoms with Crippen molar-refractivity contribution in [3.8, 4) is 5.88 Å². The van der Waals surface area contributed by atoms with Crippen LogP contribution >= 0.6 is 0 Å². The zero-order chi connectivity index (χ0) is 15.4. The van der Waals surface area contributed by atoms with E-state index in [0.29, 0.717) is 18.4 Å². The molecule has 0 spiro atoms. The fourth-order valence-electron chi connectivity index (χ4n) is 2.24. The third kappa shape index (κ3) is 4.30. The molecule has 21 heavy (non-hydrogen) atoms. The van der Waals surface area contributed by atoms with Gasteiger partial charge in [0, 0.05) is 25.0 Å². The Labute approximate surface area is 128 Å². The first-order valence-corrected chi connectivity index (χ1v) is 7.98. The van der Waals surface area contributed by atoms with Gasteiger partial charge in [0.25, 0.3) is 0 Å². The largest absolute Gasteiger partial charge is 0.476 e. The van der Waals surface area contributed by atoms with Crippen LogP contribution in [0.25, 0.3) is 0 Å². The van der Waals surface area contributed by atoms with E-state index in [9.17, 15) is 0 Å². The third-order valence-corrected chi connectivity index (χ3v) is 3.83. The number of hydrogen-bond donors (Lipinski definition) is 1. The van der Waals surface area contributed by atoms with E-state index in [4.69, 9.17) is 4.74 Å². The van der Waals surface area contributed by atoms with Crippen molar-refractivity contribution >= 4 is 5.82 Å². The normalized spacial score (nSPS) is 14.8. The highest BCUT2D eigenvalue weighted by molar-refractivity contribution is 5.48. The second kappa shape index (κ2) is 7.07. The quantitative estimate of drug-likeness (QED) is 0.798. The highest BCUT2D eigenvalue weighted by Crippen LogP contribution is 2.26. The zero-order valence-corrected chi connectivity index (χ0v) is 13.9. The molecule has 5 heteroatoms. The van der Waals surface area contributed by atoms with Crippen molar-refractivity contribution in [3.63, 3.8) is 0 Å². The summed E-state index contributed by atoms with van der Waals surface area (Å²) >= 11 is 0. The molecular formula is C16H28N4O. The number of nitrogens with one attached hydrogen (secondary N) is 1. The minimum atomic E-state index is 0.291. The van der Waals surface area contributed by atoms with Gasteiger partial charge in [-0.25, -0.2) is 4.98 Å². The molecule has 1 heterocycles. The molecule has 1 N–H and O–H groups in total. The number of ether oxygens (including phenoxy) is 1. The Hall–Kier alpha value is -1.36. The van der Waals surface area contributed by atoms with Crippen molar-refractivity contribution < 1.29 is 4.74 Å². The summed E-state index contributed by atoms with van der Waals surface area (Å²) in [6.45, 7) is 10.8. The van der Waals surface area contributed by atoms with E-state index < -0.39 is 0 Å². The number of nitrogens with zero attached hydrogens (tertiary/aromatic N) is 3. The van der Waals surface area contributed by atoms with Crippen molar-refractivity contribution in [2.24, 2.45) is 0 Å². The predicted molar refractivity (Wildman–Crippen MR) is 86.2 cm³/mol. The zero-order valence-electron chi connectivity index (χ0n) is 13.9. The van der Waals surface area contributed by atoms with Crippen LogP contribution in [-0.2, 0) is 0 Å². The van der Waals surface area contributed by atoms with Gasteiger partial charge >= 0.3 is 0 Å². The molecule has 1 aromatic rings. The summed E-state index contributed by atoms with van der Waals surface area (Å²) in [6.07, 6.45) is 2.65. The summed E-state index contributed by atoms with van der Waals surface area (Å²) in [4.78, 5) is 11.5. The Morgan fingerprint density at radius 3 is 2.62 bits per heavy atom. The van der Waals surface area contributed by atoms with Gasteiger partial charge in [0.15, 0.2) is 0 Å². The lowest BCUT2D eigenvalue weighted by atomic mass is 10.2. The Bertz CT molecular complexity index is 472. The van der Waals surface area contributed by atoms with Crippen LogP contribution in [0.5, 0.6) is 5.88 Å². The van der Waals surface area contributed by atoms with Gasteiger partial charge in [-0.05, 0) is 33.7 Å². The molecule has 0 amide bonds. The van der Waals surface area contributed by atoms with E-state index in [1.54, 1.807) is 0 Å². The Balaban J connectivity index is 2.04. The lowest BCUT2D eigenvalue weighted by Crippen LogP contribution is -2.26. The van der Waals surface area contributed by atoms with Gasteiger partial charge in [-0.2, -0.15) is 4.98 Å². The van der Waals surface area contributed by atoms with Gasteiger partial charge in [0.2, 0.25) is 5.88 Å². The number of aromatic nitrogens is 2. The third-order valence-electron chi connectivity index (χ3n) is 3.83. The van der Waals surface area contributed by atoms with Crippen molar-refractivity contribution in [1.82, 2.24) is 14.9 Å². The lowest BCUT2D eigenvalue weighted by molar-refractivity contribution is 0.224. The van der Waals surface area contributed by atoms with Crippen LogP contribution in [0, 0.1) is 6.92 Å². The maximum Gasteiger partial charge on any atom is 0.221 e. The van der Waals surface area contributed by atoms with Gasteiger partial charge in [0.05, 0.1) is 5.56 Å². The van der Waals surface area contributed by atoms with E-state index >= 15 is 0 Å². The second-order valence-electron chi connectivity index (χ2n) is 6.11. The van der Waals surface area contributed by atoms with E-state index in [1.807, 2.05) is 6.92 Å². The summed E-state index contributed by atoms with van der Waals surface area (Å²) in [5.41, 5.74) is 0.996. The molecule has 1 aliphatic carbocycles. The van der Waals surface area contributed by atoms with E-state index in [1.165, 1.54) is 12.8 Å². The predicted octanol–water partition coefficient (Wildman–Crippen LogP) is 2.81. The van der Waals surface area contributed by atoms with E-state index in [2.05, 4.69) is 48.0 Å². The fourth-order valence-corrected chi connectivity index (χ4v) is 2.24. The summed E-state index contributed by atoms with van der Waals surface area (Å²) in [7, 11) is 2.16. The van der Waals surface area contributed by atoms with Crippen molar-refractivity contribution in [2.75, 3.05) is 32.1 Å². The molecule has 1 fully saturated rings. The van der Waals surface area contributed by atoms with Crippen LogP contribution in [0.4, 0.5) is 5.82 Å². The van der Waals surface area contributed by atoms with Crippen LogP contribution in [0.2, 0.25) is 0 Å². The minimum Gasteiger partial charge on any atom is -0.476 e. The Kier molecular flexibility index (Phi) is 5.39. The van der Waals surface area contributed by atoms with Gasteiger partial charge < -0.3 is 15.0 Å². The second-order valence-corrected chi connectivity index (χ2v) is 6.11. The van der Waals surface area contributed by atoms with Gasteiger partial charge in [-0.15, -0.1) is 0 Å². The average molecular weight is 292 g/mol. The summed E-state index contributed by atoms with van der Waals surface area (Å²) < 4.78 is 5.93. The fraction of sp³-hybridized carbons (Fsp3) is 0.750. The maximum absolute atomic E-state index is 5.93. The Morgan fingerprint density at radius 2 is 2.05 bits per heavy atom. The summed E-state index contributed by atoms with van der Waals surface area (Å²) in [5, 5.41) is 3.30. The molecule has 0 unspecified atom stereocenters. The molecule has 1 aliphatic rings. The molecule has 0 bridgehead atoms. The number of hydrogen-bond acceptors (Lipinski definition) is 5. The summed E-state index contributed by atoms with van der Waals surface area (Å²) in [6, 6.07) is 0.767. The molecule has 0 aromatic carbocycles. The van der Waals surface area contributed by atoms with Crippen LogP contribution < -0.4 is 10.1 Å². The van der Waals surface area contributed by atoms with Gasteiger partial charge in [0.1, 0.15) is 18.2 Å². The SMILES string of the molecule is CCNc1nc(C(C)C)nc(OCCN(C)C2CC2)c1C. The highest BCUT2D eigenvalue weighted by atomic mass is 16.5. The standard InChI is InChI=1S/C16H28N4O/c1-6-17-15-12(4)16(19-14(18-15)11(2)3)21-10-9-20(5)13-7-8-13/h11,13H,6-10H2,1-5H3,(H,17,18,19). The first kappa shape index (κ1) is 16.0. The van der Waals surface area contributed by atoms with Crippen LogP contribution in [0.1, 0.15) is 50.9 Å². The molecule has 1 aromatic heterocycles. The highest BCUT2D eigenvalue weighted by Gasteiger charge is 2.25. The van der Waals surface area contributed by atoms with E-state index in [-0.39, 0.29) is 0 Å². The average Bonchev–Trinajstić information content (AvgIpc) is 3.27. The number of rotatable bonds is 8. The van der Waals surface area contributed by atoms with Crippen LogP contribution in [0.3, 0.4) is 0 Å². The molecule has 0 saturated heterocycles. The Morgan fingerprint density at radius 1 is 1.33 bits per heavy atom. The molecule has 5 nitrogen and oxygen atoms in total. The van der Waals surface area contributed by atoms with Crippen LogP contribution in [0.15, 0.2) is 0 Å². The van der Waals surface area contributed by atoms with Crippen LogP contribution in [-0.4, -0.2) is 47.7 Å². The molecule has 118 valence electrons. The molecule has 1 saturated carbocycles. The molecule has 0 radical (unpaired) electrons. The topological polar surface area (TPSA) is 50.3 Å². The molecule has 0 aliphatic heterocycles.